The van der Waals surface area contributed by atoms with Crippen LogP contribution in [0.15, 0.2) is 28.7 Å². The Bertz CT molecular complexity index is 309. The predicted molar refractivity (Wildman–Crippen MR) is 65.2 cm³/mol. The first-order valence-corrected chi connectivity index (χ1v) is 6.20. The predicted octanol–water partition coefficient (Wildman–Crippen LogP) is 3.45. The zero-order chi connectivity index (χ0) is 10.7. The SMILES string of the molecule is ClN1CCC(Oc2ccc(Br)cc2)CC1. The summed E-state index contributed by atoms with van der Waals surface area (Å²) in [4.78, 5) is 0. The van der Waals surface area contributed by atoms with Crippen LogP contribution in [0, 0.1) is 0 Å². The lowest BCUT2D eigenvalue weighted by Crippen LogP contribution is -2.32. The molecule has 0 N–H and O–H groups in total. The standard InChI is InChI=1S/C11H13BrClNO/c12-9-1-3-10(4-2-9)15-11-5-7-14(13)8-6-11/h1-4,11H,5-8H2. The van der Waals surface area contributed by atoms with Crippen LogP contribution in [-0.4, -0.2) is 23.6 Å². The molecule has 1 aliphatic rings. The molecule has 1 fully saturated rings. The van der Waals surface area contributed by atoms with Gasteiger partial charge in [-0.15, -0.1) is 0 Å². The summed E-state index contributed by atoms with van der Waals surface area (Å²) in [5.41, 5.74) is 0. The minimum Gasteiger partial charge on any atom is -0.490 e. The van der Waals surface area contributed by atoms with Gasteiger partial charge < -0.3 is 4.74 Å². The van der Waals surface area contributed by atoms with E-state index < -0.39 is 0 Å². The molecule has 0 atom stereocenters. The van der Waals surface area contributed by atoms with Crippen molar-refractivity contribution in [3.8, 4) is 5.75 Å². The molecule has 1 aromatic rings. The van der Waals surface area contributed by atoms with Gasteiger partial charge in [-0.3, -0.25) is 0 Å². The molecule has 82 valence electrons. The summed E-state index contributed by atoms with van der Waals surface area (Å²) in [6.45, 7) is 1.81. The molecule has 1 aliphatic heterocycles. The Hall–Kier alpha value is -0.250. The molecular weight excluding hydrogens is 277 g/mol. The Labute approximate surface area is 103 Å². The lowest BCUT2D eigenvalue weighted by molar-refractivity contribution is 0.136. The fraction of sp³-hybridized carbons (Fsp3) is 0.455. The molecule has 0 radical (unpaired) electrons. The second kappa shape index (κ2) is 5.19. The molecule has 1 heterocycles. The van der Waals surface area contributed by atoms with Gasteiger partial charge in [-0.05, 0) is 48.9 Å². The Morgan fingerprint density at radius 3 is 2.40 bits per heavy atom. The molecule has 0 amide bonds. The first-order valence-electron chi connectivity index (χ1n) is 5.07. The van der Waals surface area contributed by atoms with Crippen molar-refractivity contribution in [1.82, 2.24) is 4.42 Å². The number of hydrogen-bond acceptors (Lipinski definition) is 2. The minimum absolute atomic E-state index is 0.307. The van der Waals surface area contributed by atoms with E-state index in [-0.39, 0.29) is 0 Å². The summed E-state index contributed by atoms with van der Waals surface area (Å²) in [5, 5.41) is 0. The third-order valence-corrected chi connectivity index (χ3v) is 3.37. The van der Waals surface area contributed by atoms with Crippen LogP contribution in [0.25, 0.3) is 0 Å². The molecular formula is C11H13BrClNO. The summed E-state index contributed by atoms with van der Waals surface area (Å²) < 4.78 is 8.75. The quantitative estimate of drug-likeness (QED) is 0.774. The van der Waals surface area contributed by atoms with Crippen LogP contribution in [0.4, 0.5) is 0 Å². The lowest BCUT2D eigenvalue weighted by atomic mass is 10.1. The van der Waals surface area contributed by atoms with Crippen molar-refractivity contribution in [2.24, 2.45) is 0 Å². The van der Waals surface area contributed by atoms with Crippen LogP contribution in [0.3, 0.4) is 0 Å². The van der Waals surface area contributed by atoms with Crippen LogP contribution in [0.5, 0.6) is 5.75 Å². The Morgan fingerprint density at radius 1 is 1.20 bits per heavy atom. The summed E-state index contributed by atoms with van der Waals surface area (Å²) in [6, 6.07) is 7.95. The van der Waals surface area contributed by atoms with Crippen molar-refractivity contribution in [3.05, 3.63) is 28.7 Å². The van der Waals surface area contributed by atoms with Gasteiger partial charge in [0.2, 0.25) is 0 Å². The molecule has 1 aromatic carbocycles. The zero-order valence-corrected chi connectivity index (χ0v) is 10.7. The highest BCUT2D eigenvalue weighted by atomic mass is 79.9. The number of hydrogen-bond donors (Lipinski definition) is 0. The van der Waals surface area contributed by atoms with E-state index in [0.717, 1.165) is 36.2 Å². The summed E-state index contributed by atoms with van der Waals surface area (Å²) >= 11 is 9.28. The van der Waals surface area contributed by atoms with Crippen molar-refractivity contribution in [3.63, 3.8) is 0 Å². The minimum atomic E-state index is 0.307. The number of benzene rings is 1. The van der Waals surface area contributed by atoms with E-state index >= 15 is 0 Å². The first-order chi connectivity index (χ1) is 7.24. The van der Waals surface area contributed by atoms with Gasteiger partial charge in [0.05, 0.1) is 0 Å². The first kappa shape index (κ1) is 11.2. The third-order valence-electron chi connectivity index (χ3n) is 2.50. The van der Waals surface area contributed by atoms with Gasteiger partial charge in [0.25, 0.3) is 0 Å². The normalized spacial score (nSPS) is 19.1. The fourth-order valence-corrected chi connectivity index (χ4v) is 2.11. The summed E-state index contributed by atoms with van der Waals surface area (Å²) in [6.07, 6.45) is 2.31. The molecule has 0 aromatic heterocycles. The van der Waals surface area contributed by atoms with Crippen molar-refractivity contribution < 1.29 is 4.74 Å². The van der Waals surface area contributed by atoms with Gasteiger partial charge in [-0.25, -0.2) is 4.42 Å². The van der Waals surface area contributed by atoms with Gasteiger partial charge in [0, 0.05) is 17.6 Å². The molecule has 0 saturated carbocycles. The maximum Gasteiger partial charge on any atom is 0.119 e. The van der Waals surface area contributed by atoms with Crippen molar-refractivity contribution >= 4 is 27.7 Å². The molecule has 4 heteroatoms. The maximum atomic E-state index is 5.88. The van der Waals surface area contributed by atoms with Crippen molar-refractivity contribution in [2.75, 3.05) is 13.1 Å². The number of halogens is 2. The van der Waals surface area contributed by atoms with E-state index in [9.17, 15) is 0 Å². The lowest BCUT2D eigenvalue weighted by Gasteiger charge is -2.27. The van der Waals surface area contributed by atoms with E-state index in [1.165, 1.54) is 0 Å². The Kier molecular flexibility index (Phi) is 3.89. The summed E-state index contributed by atoms with van der Waals surface area (Å²) in [7, 11) is 0. The second-order valence-corrected chi connectivity index (χ2v) is 5.07. The number of rotatable bonds is 2. The zero-order valence-electron chi connectivity index (χ0n) is 8.33. The topological polar surface area (TPSA) is 12.5 Å². The van der Waals surface area contributed by atoms with E-state index in [2.05, 4.69) is 15.9 Å². The monoisotopic (exact) mass is 289 g/mol. The average molecular weight is 291 g/mol. The third kappa shape index (κ3) is 3.37. The van der Waals surface area contributed by atoms with E-state index in [0.29, 0.717) is 6.10 Å². The molecule has 0 spiro atoms. The molecule has 15 heavy (non-hydrogen) atoms. The number of nitrogens with zero attached hydrogens (tertiary/aromatic N) is 1. The van der Waals surface area contributed by atoms with E-state index in [1.54, 1.807) is 0 Å². The maximum absolute atomic E-state index is 5.88. The number of ether oxygens (including phenoxy) is 1. The second-order valence-electron chi connectivity index (χ2n) is 3.68. The van der Waals surface area contributed by atoms with Crippen molar-refractivity contribution in [2.45, 2.75) is 18.9 Å². The van der Waals surface area contributed by atoms with Crippen LogP contribution in [0.2, 0.25) is 0 Å². The highest BCUT2D eigenvalue weighted by Crippen LogP contribution is 2.21. The van der Waals surface area contributed by atoms with Gasteiger partial charge >= 0.3 is 0 Å². The van der Waals surface area contributed by atoms with Crippen LogP contribution >= 0.6 is 27.7 Å². The van der Waals surface area contributed by atoms with Crippen LogP contribution in [-0.2, 0) is 0 Å². The van der Waals surface area contributed by atoms with Gasteiger partial charge in [-0.1, -0.05) is 15.9 Å². The molecule has 2 rings (SSSR count). The smallest absolute Gasteiger partial charge is 0.119 e. The number of piperidine rings is 1. The van der Waals surface area contributed by atoms with Gasteiger partial charge in [0.15, 0.2) is 0 Å². The highest BCUT2D eigenvalue weighted by molar-refractivity contribution is 9.10. The van der Waals surface area contributed by atoms with Crippen LogP contribution in [0.1, 0.15) is 12.8 Å². The largest absolute Gasteiger partial charge is 0.490 e. The van der Waals surface area contributed by atoms with Crippen LogP contribution < -0.4 is 4.74 Å². The molecule has 0 aliphatic carbocycles. The average Bonchev–Trinajstić information content (AvgIpc) is 2.25. The van der Waals surface area contributed by atoms with Gasteiger partial charge in [0.1, 0.15) is 11.9 Å². The summed E-state index contributed by atoms with van der Waals surface area (Å²) in [5.74, 6) is 0.936. The molecule has 0 bridgehead atoms. The Balaban J connectivity index is 1.89. The van der Waals surface area contributed by atoms with E-state index in [4.69, 9.17) is 16.5 Å². The molecule has 2 nitrogen and oxygen atoms in total. The molecule has 1 saturated heterocycles. The fourth-order valence-electron chi connectivity index (χ4n) is 1.65. The van der Waals surface area contributed by atoms with Gasteiger partial charge in [-0.2, -0.15) is 0 Å². The highest BCUT2D eigenvalue weighted by Gasteiger charge is 2.18. The van der Waals surface area contributed by atoms with Crippen molar-refractivity contribution in [1.29, 1.82) is 0 Å². The Morgan fingerprint density at radius 2 is 1.80 bits per heavy atom. The van der Waals surface area contributed by atoms with E-state index in [1.807, 2.05) is 28.7 Å². The molecule has 0 unspecified atom stereocenters.